The third kappa shape index (κ3) is 3.65. The molecule has 2 N–H and O–H groups in total. The Morgan fingerprint density at radius 3 is 2.68 bits per heavy atom. The molecule has 0 saturated carbocycles. The van der Waals surface area contributed by atoms with E-state index in [0.717, 1.165) is 28.9 Å². The van der Waals surface area contributed by atoms with Crippen LogP contribution in [0.1, 0.15) is 23.6 Å². The van der Waals surface area contributed by atoms with Gasteiger partial charge in [0.2, 0.25) is 5.91 Å². The van der Waals surface area contributed by atoms with E-state index in [2.05, 4.69) is 10.6 Å². The van der Waals surface area contributed by atoms with Crippen LogP contribution in [-0.2, 0) is 11.2 Å². The molecule has 0 bridgehead atoms. The highest BCUT2D eigenvalue weighted by Gasteiger charge is 2.28. The summed E-state index contributed by atoms with van der Waals surface area (Å²) >= 11 is 0. The first kappa shape index (κ1) is 17.0. The normalized spacial score (nSPS) is 14.0. The number of nitrogens with one attached hydrogen (secondary N) is 2. The number of benzene rings is 2. The molecular formula is C20H23N3O2. The van der Waals surface area contributed by atoms with Crippen LogP contribution < -0.4 is 15.5 Å². The molecule has 3 rings (SSSR count). The first-order chi connectivity index (χ1) is 12.0. The van der Waals surface area contributed by atoms with Crippen molar-refractivity contribution in [1.29, 1.82) is 0 Å². The number of fused-ring (bicyclic) bond motifs is 1. The van der Waals surface area contributed by atoms with Crippen LogP contribution in [0.5, 0.6) is 0 Å². The summed E-state index contributed by atoms with van der Waals surface area (Å²) < 4.78 is 0. The van der Waals surface area contributed by atoms with E-state index in [9.17, 15) is 9.59 Å². The number of urea groups is 1. The molecule has 1 heterocycles. The smallest absolute Gasteiger partial charge is 0.319 e. The van der Waals surface area contributed by atoms with Crippen molar-refractivity contribution in [2.75, 3.05) is 16.8 Å². The number of hydrogen-bond acceptors (Lipinski definition) is 2. The number of aryl methyl sites for hydroxylation is 2. The van der Waals surface area contributed by atoms with Gasteiger partial charge in [0, 0.05) is 17.9 Å². The largest absolute Gasteiger partial charge is 0.326 e. The van der Waals surface area contributed by atoms with E-state index < -0.39 is 6.04 Å². The zero-order valence-electron chi connectivity index (χ0n) is 14.8. The average molecular weight is 337 g/mol. The van der Waals surface area contributed by atoms with Gasteiger partial charge in [-0.25, -0.2) is 4.79 Å². The summed E-state index contributed by atoms with van der Waals surface area (Å²) in [6.07, 6.45) is 0.851. The molecule has 1 aliphatic rings. The Balaban J connectivity index is 1.64. The lowest BCUT2D eigenvalue weighted by atomic mass is 10.1. The van der Waals surface area contributed by atoms with Crippen LogP contribution in [0, 0.1) is 13.8 Å². The number of hydrogen-bond donors (Lipinski definition) is 2. The Labute approximate surface area is 148 Å². The Hall–Kier alpha value is -2.82. The van der Waals surface area contributed by atoms with Crippen LogP contribution in [0.3, 0.4) is 0 Å². The molecule has 130 valence electrons. The third-order valence-electron chi connectivity index (χ3n) is 4.51. The van der Waals surface area contributed by atoms with Gasteiger partial charge in [-0.1, -0.05) is 30.3 Å². The Kier molecular flexibility index (Phi) is 4.74. The number of anilines is 2. The van der Waals surface area contributed by atoms with Gasteiger partial charge in [0.05, 0.1) is 0 Å². The van der Waals surface area contributed by atoms with Gasteiger partial charge < -0.3 is 15.5 Å². The number of nitrogens with zero attached hydrogens (tertiary/aromatic N) is 1. The van der Waals surface area contributed by atoms with Gasteiger partial charge in [-0.3, -0.25) is 4.79 Å². The van der Waals surface area contributed by atoms with Crippen LogP contribution in [0.15, 0.2) is 42.5 Å². The monoisotopic (exact) mass is 337 g/mol. The van der Waals surface area contributed by atoms with E-state index in [1.807, 2.05) is 56.3 Å². The third-order valence-corrected chi connectivity index (χ3v) is 4.51. The first-order valence-corrected chi connectivity index (χ1v) is 8.50. The highest BCUT2D eigenvalue weighted by molar-refractivity contribution is 6.01. The molecule has 0 fully saturated rings. The molecule has 2 aromatic rings. The molecule has 2 aromatic carbocycles. The van der Waals surface area contributed by atoms with E-state index in [0.29, 0.717) is 6.54 Å². The molecule has 0 saturated heterocycles. The SMILES string of the molecule is Cc1ccc(C)c(NC(=O)NC(C)C(=O)N2CCc3ccccc32)c1. The van der Waals surface area contributed by atoms with Gasteiger partial charge >= 0.3 is 6.03 Å². The van der Waals surface area contributed by atoms with Crippen LogP contribution in [0.4, 0.5) is 16.2 Å². The lowest BCUT2D eigenvalue weighted by Crippen LogP contribution is -2.47. The molecule has 1 unspecified atom stereocenters. The van der Waals surface area contributed by atoms with Crippen molar-refractivity contribution >= 4 is 23.3 Å². The van der Waals surface area contributed by atoms with Crippen LogP contribution in [-0.4, -0.2) is 24.5 Å². The number of carbonyl (C=O) groups excluding carboxylic acids is 2. The molecule has 25 heavy (non-hydrogen) atoms. The van der Waals surface area contributed by atoms with Crippen molar-refractivity contribution < 1.29 is 9.59 Å². The van der Waals surface area contributed by atoms with E-state index >= 15 is 0 Å². The Bertz CT molecular complexity index is 816. The van der Waals surface area contributed by atoms with Crippen molar-refractivity contribution in [3.63, 3.8) is 0 Å². The fraction of sp³-hybridized carbons (Fsp3) is 0.300. The standard InChI is InChI=1S/C20H23N3O2/c1-13-8-9-14(2)17(12-13)22-20(25)21-15(3)19(24)23-11-10-16-6-4-5-7-18(16)23/h4-9,12,15H,10-11H2,1-3H3,(H2,21,22,25). The van der Waals surface area contributed by atoms with Gasteiger partial charge in [0.15, 0.2) is 0 Å². The van der Waals surface area contributed by atoms with Crippen LogP contribution in [0.25, 0.3) is 0 Å². The van der Waals surface area contributed by atoms with Crippen LogP contribution in [0.2, 0.25) is 0 Å². The average Bonchev–Trinajstić information content (AvgIpc) is 3.01. The molecule has 1 atom stereocenters. The lowest BCUT2D eigenvalue weighted by molar-refractivity contribution is -0.119. The molecule has 5 heteroatoms. The van der Waals surface area contributed by atoms with Crippen LogP contribution >= 0.6 is 0 Å². The molecule has 0 spiro atoms. The maximum absolute atomic E-state index is 12.7. The highest BCUT2D eigenvalue weighted by Crippen LogP contribution is 2.27. The van der Waals surface area contributed by atoms with Crippen molar-refractivity contribution in [3.05, 3.63) is 59.2 Å². The number of amides is 3. The molecule has 0 aromatic heterocycles. The maximum atomic E-state index is 12.7. The zero-order valence-corrected chi connectivity index (χ0v) is 14.8. The first-order valence-electron chi connectivity index (χ1n) is 8.50. The summed E-state index contributed by atoms with van der Waals surface area (Å²) in [6, 6.07) is 12.8. The summed E-state index contributed by atoms with van der Waals surface area (Å²) in [5, 5.41) is 5.57. The summed E-state index contributed by atoms with van der Waals surface area (Å²) in [5.74, 6) is -0.0962. The van der Waals surface area contributed by atoms with E-state index in [1.165, 1.54) is 5.56 Å². The van der Waals surface area contributed by atoms with Gasteiger partial charge in [-0.2, -0.15) is 0 Å². The van der Waals surface area contributed by atoms with Gasteiger partial charge in [0.25, 0.3) is 0 Å². The van der Waals surface area contributed by atoms with E-state index in [4.69, 9.17) is 0 Å². The second kappa shape index (κ2) is 6.97. The van der Waals surface area contributed by atoms with E-state index in [-0.39, 0.29) is 11.9 Å². The topological polar surface area (TPSA) is 61.4 Å². The summed E-state index contributed by atoms with van der Waals surface area (Å²) in [4.78, 5) is 26.7. The van der Waals surface area contributed by atoms with Crippen molar-refractivity contribution in [2.24, 2.45) is 0 Å². The maximum Gasteiger partial charge on any atom is 0.319 e. The van der Waals surface area contributed by atoms with Crippen molar-refractivity contribution in [2.45, 2.75) is 33.2 Å². The second-order valence-corrected chi connectivity index (χ2v) is 6.51. The minimum atomic E-state index is -0.601. The van der Waals surface area contributed by atoms with Gasteiger partial charge in [-0.15, -0.1) is 0 Å². The Morgan fingerprint density at radius 2 is 1.88 bits per heavy atom. The number of para-hydroxylation sites is 1. The lowest BCUT2D eigenvalue weighted by Gasteiger charge is -2.22. The predicted molar refractivity (Wildman–Crippen MR) is 100 cm³/mol. The molecule has 5 nitrogen and oxygen atoms in total. The van der Waals surface area contributed by atoms with Gasteiger partial charge in [-0.05, 0) is 56.0 Å². The second-order valence-electron chi connectivity index (χ2n) is 6.51. The summed E-state index contributed by atoms with van der Waals surface area (Å²) in [6.45, 7) is 6.28. The quantitative estimate of drug-likeness (QED) is 0.902. The highest BCUT2D eigenvalue weighted by atomic mass is 16.2. The fourth-order valence-electron chi connectivity index (χ4n) is 3.09. The van der Waals surface area contributed by atoms with Crippen molar-refractivity contribution in [3.8, 4) is 0 Å². The molecule has 0 radical (unpaired) electrons. The summed E-state index contributed by atoms with van der Waals surface area (Å²) in [7, 11) is 0. The number of rotatable bonds is 3. The minimum absolute atomic E-state index is 0.0962. The molecule has 3 amide bonds. The fourth-order valence-corrected chi connectivity index (χ4v) is 3.09. The molecule has 1 aliphatic heterocycles. The molecule has 0 aliphatic carbocycles. The number of carbonyl (C=O) groups is 2. The minimum Gasteiger partial charge on any atom is -0.326 e. The summed E-state index contributed by atoms with van der Waals surface area (Å²) in [5.41, 5.74) is 4.91. The van der Waals surface area contributed by atoms with E-state index in [1.54, 1.807) is 11.8 Å². The van der Waals surface area contributed by atoms with Crippen molar-refractivity contribution in [1.82, 2.24) is 5.32 Å². The Morgan fingerprint density at radius 1 is 1.12 bits per heavy atom. The predicted octanol–water partition coefficient (Wildman–Crippen LogP) is 3.40. The molecular weight excluding hydrogens is 314 g/mol. The van der Waals surface area contributed by atoms with Gasteiger partial charge in [0.1, 0.15) is 6.04 Å². The zero-order chi connectivity index (χ0) is 18.0.